The average molecular weight is 315 g/mol. The number of hydrogen-bond acceptors (Lipinski definition) is 3. The van der Waals surface area contributed by atoms with Gasteiger partial charge in [0, 0.05) is 18.0 Å². The van der Waals surface area contributed by atoms with Crippen LogP contribution in [0, 0.1) is 12.8 Å². The highest BCUT2D eigenvalue weighted by Gasteiger charge is 2.25. The van der Waals surface area contributed by atoms with Gasteiger partial charge in [-0.05, 0) is 42.7 Å². The second-order valence-electron chi connectivity index (χ2n) is 5.63. The number of nitrogens with zero attached hydrogens (tertiary/aromatic N) is 2. The molecule has 0 bridgehead atoms. The predicted octanol–water partition coefficient (Wildman–Crippen LogP) is 2.41. The zero-order valence-corrected chi connectivity index (χ0v) is 13.5. The van der Waals surface area contributed by atoms with Crippen LogP contribution in [-0.2, 0) is 4.79 Å². The van der Waals surface area contributed by atoms with Gasteiger partial charge in [-0.15, -0.1) is 0 Å². The number of nitrogens with one attached hydrogen (secondary N) is 1. The Hall–Kier alpha value is -2.63. The topological polar surface area (TPSA) is 84.2 Å². The minimum Gasteiger partial charge on any atom is -0.480 e. The highest BCUT2D eigenvalue weighted by Crippen LogP contribution is 2.16. The van der Waals surface area contributed by atoms with Gasteiger partial charge < -0.3 is 10.4 Å². The Bertz CT molecular complexity index is 695. The van der Waals surface area contributed by atoms with E-state index in [2.05, 4.69) is 10.4 Å². The fourth-order valence-corrected chi connectivity index (χ4v) is 2.37. The molecule has 0 spiro atoms. The van der Waals surface area contributed by atoms with Gasteiger partial charge in [-0.25, -0.2) is 9.48 Å². The molecule has 1 heterocycles. The molecule has 6 nitrogen and oxygen atoms in total. The van der Waals surface area contributed by atoms with Crippen molar-refractivity contribution in [1.29, 1.82) is 0 Å². The summed E-state index contributed by atoms with van der Waals surface area (Å²) < 4.78 is 1.72. The normalized spacial score (nSPS) is 13.3. The van der Waals surface area contributed by atoms with Gasteiger partial charge in [0.05, 0.1) is 5.69 Å². The Morgan fingerprint density at radius 2 is 2.13 bits per heavy atom. The van der Waals surface area contributed by atoms with Crippen LogP contribution in [0.1, 0.15) is 36.2 Å². The maximum Gasteiger partial charge on any atom is 0.326 e. The molecule has 2 aromatic rings. The molecule has 23 heavy (non-hydrogen) atoms. The second-order valence-corrected chi connectivity index (χ2v) is 5.63. The van der Waals surface area contributed by atoms with Crippen LogP contribution in [-0.4, -0.2) is 32.8 Å². The van der Waals surface area contributed by atoms with E-state index in [1.807, 2.05) is 33.0 Å². The van der Waals surface area contributed by atoms with E-state index in [0.717, 1.165) is 11.3 Å². The summed E-state index contributed by atoms with van der Waals surface area (Å²) >= 11 is 0. The van der Waals surface area contributed by atoms with E-state index in [1.54, 1.807) is 29.1 Å². The molecule has 0 aliphatic heterocycles. The molecule has 6 heteroatoms. The van der Waals surface area contributed by atoms with Crippen molar-refractivity contribution < 1.29 is 14.7 Å². The summed E-state index contributed by atoms with van der Waals surface area (Å²) in [6.07, 6.45) is 4.18. The van der Waals surface area contributed by atoms with Crippen LogP contribution in [0.25, 0.3) is 5.69 Å². The minimum absolute atomic E-state index is 0.138. The van der Waals surface area contributed by atoms with Gasteiger partial charge in [0.15, 0.2) is 0 Å². The standard InChI is InChI=1S/C17H21N3O3/c1-4-11(2)15(17(22)23)19-16(21)13-6-7-14(12(3)10-13)20-9-5-8-18-20/h5-11,15H,4H2,1-3H3,(H,19,21)(H,22,23). The minimum atomic E-state index is -1.02. The maximum absolute atomic E-state index is 12.3. The molecular weight excluding hydrogens is 294 g/mol. The summed E-state index contributed by atoms with van der Waals surface area (Å²) in [6, 6.07) is 6.15. The third kappa shape index (κ3) is 3.77. The lowest BCUT2D eigenvalue weighted by atomic mass is 9.98. The first-order chi connectivity index (χ1) is 10.9. The number of aryl methyl sites for hydroxylation is 1. The molecule has 2 atom stereocenters. The van der Waals surface area contributed by atoms with Gasteiger partial charge in [0.2, 0.25) is 0 Å². The molecule has 122 valence electrons. The molecular formula is C17H21N3O3. The number of rotatable bonds is 6. The smallest absolute Gasteiger partial charge is 0.326 e. The SMILES string of the molecule is CCC(C)C(NC(=O)c1ccc(-n2cccn2)c(C)c1)C(=O)O. The number of benzene rings is 1. The first kappa shape index (κ1) is 16.7. The Morgan fingerprint density at radius 3 is 2.65 bits per heavy atom. The van der Waals surface area contributed by atoms with Gasteiger partial charge in [-0.2, -0.15) is 5.10 Å². The monoisotopic (exact) mass is 315 g/mol. The number of carbonyl (C=O) groups is 2. The molecule has 0 saturated heterocycles. The number of aliphatic carboxylic acids is 1. The van der Waals surface area contributed by atoms with Crippen molar-refractivity contribution in [3.05, 3.63) is 47.8 Å². The number of carboxylic acid groups (broad SMARTS) is 1. The van der Waals surface area contributed by atoms with E-state index in [0.29, 0.717) is 12.0 Å². The Labute approximate surface area is 135 Å². The maximum atomic E-state index is 12.3. The lowest BCUT2D eigenvalue weighted by Gasteiger charge is -2.20. The highest BCUT2D eigenvalue weighted by atomic mass is 16.4. The summed E-state index contributed by atoms with van der Waals surface area (Å²) in [5.74, 6) is -1.54. The van der Waals surface area contributed by atoms with E-state index in [4.69, 9.17) is 0 Å². The summed E-state index contributed by atoms with van der Waals surface area (Å²) in [4.78, 5) is 23.6. The van der Waals surface area contributed by atoms with E-state index in [-0.39, 0.29) is 11.8 Å². The van der Waals surface area contributed by atoms with Crippen molar-refractivity contribution in [2.75, 3.05) is 0 Å². The number of amides is 1. The van der Waals surface area contributed by atoms with E-state index in [9.17, 15) is 14.7 Å². The van der Waals surface area contributed by atoms with Crippen molar-refractivity contribution in [2.24, 2.45) is 5.92 Å². The molecule has 1 aromatic heterocycles. The van der Waals surface area contributed by atoms with Gasteiger partial charge in [-0.1, -0.05) is 20.3 Å². The number of carbonyl (C=O) groups excluding carboxylic acids is 1. The fourth-order valence-electron chi connectivity index (χ4n) is 2.37. The molecule has 0 saturated carbocycles. The first-order valence-electron chi connectivity index (χ1n) is 7.58. The number of carboxylic acids is 1. The van der Waals surface area contributed by atoms with Crippen molar-refractivity contribution >= 4 is 11.9 Å². The zero-order valence-electron chi connectivity index (χ0n) is 13.5. The van der Waals surface area contributed by atoms with Crippen molar-refractivity contribution in [3.63, 3.8) is 0 Å². The van der Waals surface area contributed by atoms with Crippen molar-refractivity contribution in [2.45, 2.75) is 33.2 Å². The van der Waals surface area contributed by atoms with Crippen LogP contribution in [0.4, 0.5) is 0 Å². The number of hydrogen-bond donors (Lipinski definition) is 2. The third-order valence-corrected chi connectivity index (χ3v) is 3.98. The Balaban J connectivity index is 2.20. The molecule has 2 unspecified atom stereocenters. The van der Waals surface area contributed by atoms with Crippen LogP contribution in [0.2, 0.25) is 0 Å². The van der Waals surface area contributed by atoms with Gasteiger partial charge in [-0.3, -0.25) is 4.79 Å². The Kier molecular flexibility index (Phi) is 5.16. The molecule has 1 amide bonds. The molecule has 1 aromatic carbocycles. The average Bonchev–Trinajstić information content (AvgIpc) is 3.05. The van der Waals surface area contributed by atoms with E-state index >= 15 is 0 Å². The summed E-state index contributed by atoms with van der Waals surface area (Å²) in [7, 11) is 0. The van der Waals surface area contributed by atoms with Gasteiger partial charge in [0.1, 0.15) is 6.04 Å². The zero-order chi connectivity index (χ0) is 17.0. The van der Waals surface area contributed by atoms with Crippen molar-refractivity contribution in [1.82, 2.24) is 15.1 Å². The molecule has 0 aliphatic carbocycles. The summed E-state index contributed by atoms with van der Waals surface area (Å²) in [5, 5.41) is 16.0. The van der Waals surface area contributed by atoms with Crippen LogP contribution >= 0.6 is 0 Å². The highest BCUT2D eigenvalue weighted by molar-refractivity contribution is 5.97. The molecule has 2 rings (SSSR count). The Morgan fingerprint density at radius 1 is 1.39 bits per heavy atom. The summed E-state index contributed by atoms with van der Waals surface area (Å²) in [6.45, 7) is 5.60. The lowest BCUT2D eigenvalue weighted by molar-refractivity contribution is -0.140. The second kappa shape index (κ2) is 7.09. The largest absolute Gasteiger partial charge is 0.480 e. The van der Waals surface area contributed by atoms with E-state index < -0.39 is 12.0 Å². The van der Waals surface area contributed by atoms with Crippen LogP contribution < -0.4 is 5.32 Å². The lowest BCUT2D eigenvalue weighted by Crippen LogP contribution is -2.45. The van der Waals surface area contributed by atoms with Crippen LogP contribution in [0.5, 0.6) is 0 Å². The van der Waals surface area contributed by atoms with Gasteiger partial charge in [0.25, 0.3) is 5.91 Å². The van der Waals surface area contributed by atoms with Gasteiger partial charge >= 0.3 is 5.97 Å². The number of aromatic nitrogens is 2. The molecule has 0 fully saturated rings. The molecule has 0 aliphatic rings. The first-order valence-corrected chi connectivity index (χ1v) is 7.58. The third-order valence-electron chi connectivity index (χ3n) is 3.98. The summed E-state index contributed by atoms with van der Waals surface area (Å²) in [5.41, 5.74) is 2.20. The van der Waals surface area contributed by atoms with E-state index in [1.165, 1.54) is 0 Å². The molecule has 2 N–H and O–H groups in total. The van der Waals surface area contributed by atoms with Crippen LogP contribution in [0.3, 0.4) is 0 Å². The molecule has 0 radical (unpaired) electrons. The quantitative estimate of drug-likeness (QED) is 0.857. The fraction of sp³-hybridized carbons (Fsp3) is 0.353. The van der Waals surface area contributed by atoms with Crippen LogP contribution in [0.15, 0.2) is 36.7 Å². The van der Waals surface area contributed by atoms with Crippen molar-refractivity contribution in [3.8, 4) is 5.69 Å². The predicted molar refractivity (Wildman–Crippen MR) is 86.6 cm³/mol.